The summed E-state index contributed by atoms with van der Waals surface area (Å²) in [6.45, 7) is 0.133. The zero-order valence-electron chi connectivity index (χ0n) is 18.6. The summed E-state index contributed by atoms with van der Waals surface area (Å²) in [6.07, 6.45) is 0.552. The highest BCUT2D eigenvalue weighted by atomic mass is 16.7. The molecule has 6 atom stereocenters. The molecule has 5 aliphatic rings. The Bertz CT molecular complexity index is 1270. The minimum atomic E-state index is -0.392. The third-order valence-electron chi connectivity index (χ3n) is 7.99. The monoisotopic (exact) mass is 462 g/mol. The molecule has 9 nitrogen and oxygen atoms in total. The van der Waals surface area contributed by atoms with Crippen molar-refractivity contribution in [2.45, 2.75) is 12.5 Å². The van der Waals surface area contributed by atoms with Crippen molar-refractivity contribution in [1.29, 1.82) is 0 Å². The number of amides is 2. The number of nitrogens with zero attached hydrogens (tertiary/aromatic N) is 2. The van der Waals surface area contributed by atoms with Gasteiger partial charge in [0.15, 0.2) is 11.5 Å². The lowest BCUT2D eigenvalue weighted by Crippen LogP contribution is -2.41. The van der Waals surface area contributed by atoms with Crippen LogP contribution >= 0.6 is 0 Å². The van der Waals surface area contributed by atoms with E-state index in [1.807, 2.05) is 18.2 Å². The first-order valence-electron chi connectivity index (χ1n) is 11.3. The molecule has 2 aliphatic carbocycles. The van der Waals surface area contributed by atoms with Gasteiger partial charge in [-0.2, -0.15) is 0 Å². The van der Waals surface area contributed by atoms with Gasteiger partial charge in [-0.05, 0) is 36.6 Å². The van der Waals surface area contributed by atoms with E-state index in [2.05, 4.69) is 5.16 Å². The second-order valence-corrected chi connectivity index (χ2v) is 9.30. The zero-order chi connectivity index (χ0) is 23.1. The van der Waals surface area contributed by atoms with Gasteiger partial charge >= 0.3 is 0 Å². The zero-order valence-corrected chi connectivity index (χ0v) is 18.6. The van der Waals surface area contributed by atoms with Crippen LogP contribution in [0.5, 0.6) is 23.0 Å². The van der Waals surface area contributed by atoms with Gasteiger partial charge < -0.3 is 23.8 Å². The summed E-state index contributed by atoms with van der Waals surface area (Å²) < 4.78 is 21.7. The number of rotatable bonds is 4. The van der Waals surface area contributed by atoms with Gasteiger partial charge in [-0.3, -0.25) is 9.59 Å². The van der Waals surface area contributed by atoms with Crippen LogP contribution in [0.15, 0.2) is 41.6 Å². The van der Waals surface area contributed by atoms with Crippen LogP contribution in [0.1, 0.15) is 12.0 Å². The third kappa shape index (κ3) is 2.41. The smallest absolute Gasteiger partial charge is 0.238 e. The van der Waals surface area contributed by atoms with Crippen molar-refractivity contribution in [3.8, 4) is 23.0 Å². The van der Waals surface area contributed by atoms with Gasteiger partial charge in [0.1, 0.15) is 17.6 Å². The van der Waals surface area contributed by atoms with E-state index >= 15 is 0 Å². The van der Waals surface area contributed by atoms with E-state index in [1.165, 1.54) is 4.90 Å². The summed E-state index contributed by atoms with van der Waals surface area (Å²) >= 11 is 0. The van der Waals surface area contributed by atoms with Gasteiger partial charge in [0.2, 0.25) is 18.6 Å². The number of carbonyl (C=O) groups excluding carboxylic acids is 2. The van der Waals surface area contributed by atoms with E-state index in [0.29, 0.717) is 28.7 Å². The lowest BCUT2D eigenvalue weighted by atomic mass is 9.71. The summed E-state index contributed by atoms with van der Waals surface area (Å²) in [7, 11) is 3.21. The van der Waals surface area contributed by atoms with Crippen LogP contribution in [-0.4, -0.2) is 44.6 Å². The lowest BCUT2D eigenvalue weighted by molar-refractivity contribution is -0.125. The van der Waals surface area contributed by atoms with Crippen molar-refractivity contribution in [2.75, 3.05) is 25.9 Å². The number of oxime groups is 1. The standard InChI is InChI=1S/C25H22N2O7/c1-30-12-4-5-13(17(8-12)31-2)22-21-14-9-15(23(21)34-26-22)20-19(14)24(28)27(25(20)29)11-3-6-16-18(7-11)33-10-32-16/h3-8,14-15,19-21,23H,9-10H2,1-2H3. The van der Waals surface area contributed by atoms with Gasteiger partial charge in [0.05, 0.1) is 37.5 Å². The molecule has 1 saturated heterocycles. The average molecular weight is 462 g/mol. The number of benzene rings is 2. The highest BCUT2D eigenvalue weighted by molar-refractivity contribution is 6.23. The number of carbonyl (C=O) groups is 2. The van der Waals surface area contributed by atoms with E-state index in [-0.39, 0.29) is 48.4 Å². The number of imide groups is 1. The molecule has 6 unspecified atom stereocenters. The molecule has 0 N–H and O–H groups in total. The predicted octanol–water partition coefficient (Wildman–Crippen LogP) is 2.61. The highest BCUT2D eigenvalue weighted by Gasteiger charge is 2.70. The molecule has 7 rings (SSSR count). The van der Waals surface area contributed by atoms with E-state index in [4.69, 9.17) is 23.8 Å². The SMILES string of the molecule is COc1ccc(C2=NOC3C4CC(C23)C2C(=O)N(c3ccc5c(c3)OCO5)C(=O)C42)c(OC)c1. The average Bonchev–Trinajstić information content (AvgIpc) is 3.65. The Morgan fingerprint density at radius 3 is 2.50 bits per heavy atom. The molecule has 3 fully saturated rings. The summed E-state index contributed by atoms with van der Waals surface area (Å²) in [6, 6.07) is 10.8. The van der Waals surface area contributed by atoms with Crippen LogP contribution in [0.4, 0.5) is 5.69 Å². The molecule has 2 aromatic carbocycles. The molecular weight excluding hydrogens is 440 g/mol. The van der Waals surface area contributed by atoms with Crippen LogP contribution < -0.4 is 23.8 Å². The Morgan fingerprint density at radius 2 is 1.71 bits per heavy atom. The molecule has 0 aromatic heterocycles. The summed E-state index contributed by atoms with van der Waals surface area (Å²) in [5, 5.41) is 4.42. The van der Waals surface area contributed by atoms with E-state index < -0.39 is 5.92 Å². The minimum Gasteiger partial charge on any atom is -0.497 e. The summed E-state index contributed by atoms with van der Waals surface area (Å²) in [4.78, 5) is 34.4. The molecule has 34 heavy (non-hydrogen) atoms. The second-order valence-electron chi connectivity index (χ2n) is 9.30. The van der Waals surface area contributed by atoms with Gasteiger partial charge in [-0.1, -0.05) is 5.16 Å². The van der Waals surface area contributed by atoms with Gasteiger partial charge in [0.25, 0.3) is 0 Å². The number of hydrogen-bond acceptors (Lipinski definition) is 8. The fourth-order valence-corrected chi connectivity index (χ4v) is 6.64. The van der Waals surface area contributed by atoms with Crippen LogP contribution in [0.2, 0.25) is 0 Å². The normalized spacial score (nSPS) is 31.9. The molecule has 2 amide bonds. The Kier molecular flexibility index (Phi) is 3.99. The molecule has 0 spiro atoms. The predicted molar refractivity (Wildman–Crippen MR) is 118 cm³/mol. The number of hydrogen-bond donors (Lipinski definition) is 0. The summed E-state index contributed by atoms with van der Waals surface area (Å²) in [5.74, 6) is 1.22. The van der Waals surface area contributed by atoms with Crippen LogP contribution in [0, 0.1) is 29.6 Å². The maximum Gasteiger partial charge on any atom is 0.238 e. The van der Waals surface area contributed by atoms with Crippen LogP contribution in [0.25, 0.3) is 0 Å². The van der Waals surface area contributed by atoms with E-state index in [9.17, 15) is 9.59 Å². The number of fused-ring (bicyclic) bond motifs is 9. The van der Waals surface area contributed by atoms with Crippen molar-refractivity contribution in [2.24, 2.45) is 34.7 Å². The quantitative estimate of drug-likeness (QED) is 0.645. The fraction of sp³-hybridized carbons (Fsp3) is 0.400. The molecule has 2 aromatic rings. The molecule has 0 radical (unpaired) electrons. The molecule has 3 heterocycles. The Balaban J connectivity index is 1.23. The minimum absolute atomic E-state index is 0.0245. The second kappa shape index (κ2) is 6.88. The van der Waals surface area contributed by atoms with Crippen molar-refractivity contribution >= 4 is 23.2 Å². The van der Waals surface area contributed by atoms with Gasteiger partial charge in [-0.25, -0.2) is 4.90 Å². The Morgan fingerprint density at radius 1 is 0.912 bits per heavy atom. The topological polar surface area (TPSA) is 95.9 Å². The van der Waals surface area contributed by atoms with E-state index in [1.54, 1.807) is 32.4 Å². The first kappa shape index (κ1) is 19.7. The third-order valence-corrected chi connectivity index (χ3v) is 7.99. The van der Waals surface area contributed by atoms with E-state index in [0.717, 1.165) is 17.7 Å². The Labute approximate surface area is 195 Å². The highest BCUT2D eigenvalue weighted by Crippen LogP contribution is 2.62. The maximum absolute atomic E-state index is 13.6. The molecule has 2 bridgehead atoms. The Hall–Kier alpha value is -3.75. The molecule has 3 aliphatic heterocycles. The molecule has 9 heteroatoms. The van der Waals surface area contributed by atoms with Gasteiger partial charge in [-0.15, -0.1) is 0 Å². The van der Waals surface area contributed by atoms with Crippen molar-refractivity contribution in [3.05, 3.63) is 42.0 Å². The van der Waals surface area contributed by atoms with Gasteiger partial charge in [0, 0.05) is 29.5 Å². The number of ether oxygens (including phenoxy) is 4. The number of anilines is 1. The fourth-order valence-electron chi connectivity index (χ4n) is 6.64. The molecule has 2 saturated carbocycles. The molecule has 174 valence electrons. The molecular formula is C25H22N2O7. The summed E-state index contributed by atoms with van der Waals surface area (Å²) in [5.41, 5.74) is 2.12. The lowest BCUT2D eigenvalue weighted by Gasteiger charge is -2.30. The first-order chi connectivity index (χ1) is 16.6. The first-order valence-corrected chi connectivity index (χ1v) is 11.3. The van der Waals surface area contributed by atoms with Crippen molar-refractivity contribution in [3.63, 3.8) is 0 Å². The van der Waals surface area contributed by atoms with Crippen LogP contribution in [0.3, 0.4) is 0 Å². The van der Waals surface area contributed by atoms with Crippen molar-refractivity contribution in [1.82, 2.24) is 0 Å². The maximum atomic E-state index is 13.6. The van der Waals surface area contributed by atoms with Crippen LogP contribution in [-0.2, 0) is 14.4 Å². The number of methoxy groups -OCH3 is 2. The van der Waals surface area contributed by atoms with Crippen molar-refractivity contribution < 1.29 is 33.4 Å². The largest absolute Gasteiger partial charge is 0.497 e.